The van der Waals surface area contributed by atoms with Gasteiger partial charge in [-0.3, -0.25) is 0 Å². The van der Waals surface area contributed by atoms with Crippen molar-refractivity contribution >= 4 is 5.69 Å². The fourth-order valence-electron chi connectivity index (χ4n) is 4.74. The first-order chi connectivity index (χ1) is 10.4. The van der Waals surface area contributed by atoms with Crippen LogP contribution in [0.25, 0.3) is 0 Å². The van der Waals surface area contributed by atoms with Gasteiger partial charge in [0.15, 0.2) is 0 Å². The second-order valence-corrected chi connectivity index (χ2v) is 7.18. The molecule has 2 nitrogen and oxygen atoms in total. The van der Waals surface area contributed by atoms with Crippen molar-refractivity contribution in [3.05, 3.63) is 29.8 Å². The molecule has 2 heterocycles. The van der Waals surface area contributed by atoms with Crippen LogP contribution in [-0.4, -0.2) is 12.6 Å². The maximum absolute atomic E-state index is 6.19. The Labute approximate surface area is 128 Å². The zero-order valence-electron chi connectivity index (χ0n) is 12.9. The Morgan fingerprint density at radius 1 is 1.00 bits per heavy atom. The number of fused-ring (bicyclic) bond motifs is 3. The normalized spacial score (nSPS) is 32.9. The summed E-state index contributed by atoms with van der Waals surface area (Å²) in [6.45, 7) is 0.936. The average molecular weight is 285 g/mol. The minimum Gasteiger partial charge on any atom is -0.382 e. The fraction of sp³-hybridized carbons (Fsp3) is 0.684. The molecule has 0 bridgehead atoms. The van der Waals surface area contributed by atoms with Crippen molar-refractivity contribution in [1.82, 2.24) is 0 Å². The summed E-state index contributed by atoms with van der Waals surface area (Å²) in [5, 5.41) is 3.86. The molecule has 1 aromatic carbocycles. The predicted molar refractivity (Wildman–Crippen MR) is 86.5 cm³/mol. The van der Waals surface area contributed by atoms with Crippen molar-refractivity contribution in [2.24, 2.45) is 11.8 Å². The van der Waals surface area contributed by atoms with Crippen molar-refractivity contribution in [2.45, 2.75) is 63.5 Å². The molecule has 1 saturated carbocycles. The third-order valence-electron chi connectivity index (χ3n) is 5.81. The van der Waals surface area contributed by atoms with E-state index in [9.17, 15) is 0 Å². The first kappa shape index (κ1) is 13.6. The van der Waals surface area contributed by atoms with Crippen LogP contribution in [0, 0.1) is 11.8 Å². The van der Waals surface area contributed by atoms with Crippen LogP contribution in [-0.2, 0) is 4.74 Å². The van der Waals surface area contributed by atoms with Gasteiger partial charge < -0.3 is 10.1 Å². The topological polar surface area (TPSA) is 21.3 Å². The van der Waals surface area contributed by atoms with Crippen LogP contribution in [0.5, 0.6) is 0 Å². The van der Waals surface area contributed by atoms with Crippen molar-refractivity contribution in [3.8, 4) is 0 Å². The quantitative estimate of drug-likeness (QED) is 0.833. The number of para-hydroxylation sites is 1. The first-order valence-electron chi connectivity index (χ1n) is 8.89. The summed E-state index contributed by atoms with van der Waals surface area (Å²) < 4.78 is 6.19. The minimum atomic E-state index is 0.338. The molecule has 2 fully saturated rings. The molecule has 1 N–H and O–H groups in total. The van der Waals surface area contributed by atoms with Gasteiger partial charge in [-0.15, -0.1) is 0 Å². The highest BCUT2D eigenvalue weighted by Gasteiger charge is 2.39. The molecule has 0 radical (unpaired) electrons. The Bertz CT molecular complexity index is 480. The van der Waals surface area contributed by atoms with Gasteiger partial charge in [-0.05, 0) is 31.2 Å². The van der Waals surface area contributed by atoms with E-state index in [0.717, 1.165) is 12.5 Å². The second-order valence-electron chi connectivity index (χ2n) is 7.18. The van der Waals surface area contributed by atoms with Crippen LogP contribution in [0.4, 0.5) is 5.69 Å². The Morgan fingerprint density at radius 3 is 2.76 bits per heavy atom. The maximum atomic E-state index is 6.19. The minimum absolute atomic E-state index is 0.338. The number of nitrogens with one attached hydrogen (secondary N) is 1. The fourth-order valence-corrected chi connectivity index (χ4v) is 4.74. The Kier molecular flexibility index (Phi) is 3.89. The highest BCUT2D eigenvalue weighted by atomic mass is 16.5. The third-order valence-corrected chi connectivity index (χ3v) is 5.81. The van der Waals surface area contributed by atoms with E-state index < -0.39 is 0 Å². The Hall–Kier alpha value is -1.02. The summed E-state index contributed by atoms with van der Waals surface area (Å²) in [5.74, 6) is 1.61. The van der Waals surface area contributed by atoms with E-state index in [-0.39, 0.29) is 0 Å². The van der Waals surface area contributed by atoms with E-state index in [4.69, 9.17) is 4.74 Å². The number of ether oxygens (including phenoxy) is 1. The molecule has 3 aliphatic rings. The number of hydrogen-bond donors (Lipinski definition) is 1. The largest absolute Gasteiger partial charge is 0.382 e. The highest BCUT2D eigenvalue weighted by molar-refractivity contribution is 5.55. The molecule has 2 aliphatic heterocycles. The van der Waals surface area contributed by atoms with E-state index in [1.807, 2.05) is 0 Å². The summed E-state index contributed by atoms with van der Waals surface area (Å²) in [6, 6.07) is 9.40. The van der Waals surface area contributed by atoms with Crippen molar-refractivity contribution < 1.29 is 4.74 Å². The lowest BCUT2D eigenvalue weighted by atomic mass is 9.75. The summed E-state index contributed by atoms with van der Waals surface area (Å²) in [7, 11) is 0. The number of rotatable bonds is 2. The molecule has 3 atom stereocenters. The van der Waals surface area contributed by atoms with Crippen LogP contribution in [0.2, 0.25) is 0 Å². The molecule has 114 valence electrons. The zero-order chi connectivity index (χ0) is 14.1. The molecule has 0 aromatic heterocycles. The maximum Gasteiger partial charge on any atom is 0.0892 e. The van der Waals surface area contributed by atoms with Gasteiger partial charge in [0.1, 0.15) is 0 Å². The summed E-state index contributed by atoms with van der Waals surface area (Å²) >= 11 is 0. The zero-order valence-corrected chi connectivity index (χ0v) is 12.9. The lowest BCUT2D eigenvalue weighted by Gasteiger charge is -2.44. The number of anilines is 1. The van der Waals surface area contributed by atoms with Gasteiger partial charge >= 0.3 is 0 Å². The van der Waals surface area contributed by atoms with Crippen LogP contribution in [0.3, 0.4) is 0 Å². The highest BCUT2D eigenvalue weighted by Crippen LogP contribution is 2.45. The summed E-state index contributed by atoms with van der Waals surface area (Å²) in [6.07, 6.45) is 11.5. The lowest BCUT2D eigenvalue weighted by molar-refractivity contribution is -0.0403. The SMILES string of the molecule is c1ccc2c(c1)N[C@H](CC1CCCCC1)[C@H]1CCCO[C@@H]21. The average Bonchev–Trinajstić information content (AvgIpc) is 2.56. The van der Waals surface area contributed by atoms with Crippen molar-refractivity contribution in [2.75, 3.05) is 11.9 Å². The summed E-state index contributed by atoms with van der Waals surface area (Å²) in [5.41, 5.74) is 2.71. The monoisotopic (exact) mass is 285 g/mol. The molecule has 1 saturated heterocycles. The summed E-state index contributed by atoms with van der Waals surface area (Å²) in [4.78, 5) is 0. The first-order valence-corrected chi connectivity index (χ1v) is 8.89. The Balaban J connectivity index is 1.56. The van der Waals surface area contributed by atoms with Gasteiger partial charge in [-0.2, -0.15) is 0 Å². The van der Waals surface area contributed by atoms with E-state index in [0.29, 0.717) is 18.1 Å². The Morgan fingerprint density at radius 2 is 1.86 bits per heavy atom. The van der Waals surface area contributed by atoms with Crippen molar-refractivity contribution in [3.63, 3.8) is 0 Å². The van der Waals surface area contributed by atoms with Gasteiger partial charge in [0.25, 0.3) is 0 Å². The number of hydrogen-bond acceptors (Lipinski definition) is 2. The van der Waals surface area contributed by atoms with E-state index in [1.54, 1.807) is 0 Å². The van der Waals surface area contributed by atoms with Gasteiger partial charge in [-0.1, -0.05) is 50.3 Å². The lowest BCUT2D eigenvalue weighted by Crippen LogP contribution is -2.42. The number of benzene rings is 1. The molecule has 21 heavy (non-hydrogen) atoms. The molecule has 4 rings (SSSR count). The standard InChI is InChI=1S/C19H27NO/c1-2-7-14(8-3-1)13-18-16-10-6-12-21-19(16)15-9-4-5-11-17(15)20-18/h4-5,9,11,14,16,18-20H,1-3,6-8,10,12-13H2/t16-,18-,19+/m1/s1. The molecule has 1 aromatic rings. The van der Waals surface area contributed by atoms with Crippen LogP contribution in [0.1, 0.15) is 63.0 Å². The molecular formula is C19H27NO. The van der Waals surface area contributed by atoms with Gasteiger partial charge in [0.05, 0.1) is 6.10 Å². The van der Waals surface area contributed by atoms with Crippen LogP contribution < -0.4 is 5.32 Å². The molecule has 2 heteroatoms. The molecular weight excluding hydrogens is 258 g/mol. The van der Waals surface area contributed by atoms with Gasteiger partial charge in [0.2, 0.25) is 0 Å². The van der Waals surface area contributed by atoms with Gasteiger partial charge in [0, 0.05) is 29.8 Å². The second kappa shape index (κ2) is 6.00. The van der Waals surface area contributed by atoms with Crippen LogP contribution in [0.15, 0.2) is 24.3 Å². The van der Waals surface area contributed by atoms with Crippen LogP contribution >= 0.6 is 0 Å². The molecule has 0 unspecified atom stereocenters. The van der Waals surface area contributed by atoms with Crippen molar-refractivity contribution in [1.29, 1.82) is 0 Å². The predicted octanol–water partition coefficient (Wildman–Crippen LogP) is 4.92. The van der Waals surface area contributed by atoms with E-state index >= 15 is 0 Å². The molecule has 0 spiro atoms. The van der Waals surface area contributed by atoms with Gasteiger partial charge in [-0.25, -0.2) is 0 Å². The smallest absolute Gasteiger partial charge is 0.0892 e. The third kappa shape index (κ3) is 2.70. The van der Waals surface area contributed by atoms with E-state index in [1.165, 1.54) is 62.6 Å². The molecule has 1 aliphatic carbocycles. The molecule has 0 amide bonds. The van der Waals surface area contributed by atoms with E-state index in [2.05, 4.69) is 29.6 Å².